The van der Waals surface area contributed by atoms with Crippen LogP contribution in [0.3, 0.4) is 0 Å². The third-order valence-electron chi connectivity index (χ3n) is 5.52. The van der Waals surface area contributed by atoms with Crippen LogP contribution in [0.15, 0.2) is 30.6 Å². The van der Waals surface area contributed by atoms with Crippen LogP contribution in [0.4, 0.5) is 0 Å². The maximum Gasteiger partial charge on any atom is 0.263 e. The Morgan fingerprint density at radius 2 is 2.00 bits per heavy atom. The molecule has 0 aromatic carbocycles. The van der Waals surface area contributed by atoms with E-state index in [0.29, 0.717) is 6.54 Å². The lowest BCUT2D eigenvalue weighted by Gasteiger charge is -2.21. The second-order valence-electron chi connectivity index (χ2n) is 7.39. The molecule has 1 aliphatic carbocycles. The SMILES string of the molecule is O=C(NCCc1ccncc1)[C@H]1CCc2sc(C(=O)N3CCCC3)cc2C1. The van der Waals surface area contributed by atoms with Gasteiger partial charge in [0.1, 0.15) is 0 Å². The van der Waals surface area contributed by atoms with E-state index < -0.39 is 0 Å². The van der Waals surface area contributed by atoms with Crippen molar-refractivity contribution in [2.45, 2.75) is 38.5 Å². The largest absolute Gasteiger partial charge is 0.356 e. The molecule has 0 radical (unpaired) electrons. The van der Waals surface area contributed by atoms with Crippen LogP contribution < -0.4 is 5.32 Å². The van der Waals surface area contributed by atoms with Crippen LogP contribution in [-0.4, -0.2) is 41.3 Å². The van der Waals surface area contributed by atoms with Gasteiger partial charge < -0.3 is 10.2 Å². The van der Waals surface area contributed by atoms with Crippen molar-refractivity contribution in [1.29, 1.82) is 0 Å². The van der Waals surface area contributed by atoms with Crippen molar-refractivity contribution in [2.24, 2.45) is 5.92 Å². The number of hydrogen-bond donors (Lipinski definition) is 1. The summed E-state index contributed by atoms with van der Waals surface area (Å²) in [6, 6.07) is 5.99. The predicted octanol–water partition coefficient (Wildman–Crippen LogP) is 2.84. The van der Waals surface area contributed by atoms with Crippen LogP contribution in [0, 0.1) is 5.92 Å². The van der Waals surface area contributed by atoms with E-state index in [2.05, 4.69) is 10.3 Å². The average molecular weight is 384 g/mol. The molecular formula is C21H25N3O2S. The molecule has 6 heteroatoms. The molecule has 2 aromatic rings. The zero-order valence-corrected chi connectivity index (χ0v) is 16.3. The van der Waals surface area contributed by atoms with E-state index in [1.807, 2.05) is 23.1 Å². The number of hydrogen-bond acceptors (Lipinski definition) is 4. The number of aryl methyl sites for hydroxylation is 1. The van der Waals surface area contributed by atoms with Crippen molar-refractivity contribution >= 4 is 23.2 Å². The number of likely N-dealkylation sites (tertiary alicyclic amines) is 1. The van der Waals surface area contributed by atoms with Crippen LogP contribution in [0.2, 0.25) is 0 Å². The number of nitrogens with zero attached hydrogens (tertiary/aromatic N) is 2. The van der Waals surface area contributed by atoms with Gasteiger partial charge in [-0.1, -0.05) is 0 Å². The summed E-state index contributed by atoms with van der Waals surface area (Å²) in [5.74, 6) is 0.317. The summed E-state index contributed by atoms with van der Waals surface area (Å²) in [4.78, 5) is 33.3. The van der Waals surface area contributed by atoms with Crippen molar-refractivity contribution in [3.8, 4) is 0 Å². The summed E-state index contributed by atoms with van der Waals surface area (Å²) < 4.78 is 0. The molecular weight excluding hydrogens is 358 g/mol. The third-order valence-corrected chi connectivity index (χ3v) is 6.75. The minimum absolute atomic E-state index is 0.0132. The Kier molecular flexibility index (Phi) is 5.53. The molecule has 2 amide bonds. The molecule has 1 aliphatic heterocycles. The zero-order valence-electron chi connectivity index (χ0n) is 15.4. The number of rotatable bonds is 5. The molecule has 0 saturated carbocycles. The first kappa shape index (κ1) is 18.2. The molecule has 2 aliphatic rings. The van der Waals surface area contributed by atoms with Gasteiger partial charge in [0, 0.05) is 42.8 Å². The number of carbonyl (C=O) groups is 2. The highest BCUT2D eigenvalue weighted by Gasteiger charge is 2.28. The van der Waals surface area contributed by atoms with Crippen molar-refractivity contribution in [3.63, 3.8) is 0 Å². The molecule has 1 fully saturated rings. The first-order valence-electron chi connectivity index (χ1n) is 9.78. The van der Waals surface area contributed by atoms with Gasteiger partial charge in [-0.2, -0.15) is 0 Å². The smallest absolute Gasteiger partial charge is 0.263 e. The van der Waals surface area contributed by atoms with Crippen molar-refractivity contribution in [1.82, 2.24) is 15.2 Å². The Morgan fingerprint density at radius 1 is 1.22 bits per heavy atom. The fraction of sp³-hybridized carbons (Fsp3) is 0.476. The number of nitrogens with one attached hydrogen (secondary N) is 1. The minimum Gasteiger partial charge on any atom is -0.356 e. The molecule has 142 valence electrons. The number of thiophene rings is 1. The Hall–Kier alpha value is -2.21. The Labute approximate surface area is 163 Å². The normalized spacial score (nSPS) is 19.0. The van der Waals surface area contributed by atoms with Gasteiger partial charge in [-0.25, -0.2) is 0 Å². The summed E-state index contributed by atoms with van der Waals surface area (Å²) >= 11 is 1.63. The van der Waals surface area contributed by atoms with Gasteiger partial charge in [0.2, 0.25) is 5.91 Å². The Balaban J connectivity index is 1.32. The van der Waals surface area contributed by atoms with E-state index in [-0.39, 0.29) is 17.7 Å². The van der Waals surface area contributed by atoms with Gasteiger partial charge in [-0.05, 0) is 67.9 Å². The molecule has 3 heterocycles. The lowest BCUT2D eigenvalue weighted by Crippen LogP contribution is -2.34. The van der Waals surface area contributed by atoms with Crippen LogP contribution in [0.1, 0.15) is 44.9 Å². The monoisotopic (exact) mass is 383 g/mol. The van der Waals surface area contributed by atoms with Gasteiger partial charge in [-0.3, -0.25) is 14.6 Å². The van der Waals surface area contributed by atoms with Crippen LogP contribution in [0.5, 0.6) is 0 Å². The Morgan fingerprint density at radius 3 is 2.78 bits per heavy atom. The third kappa shape index (κ3) is 4.21. The maximum atomic E-state index is 12.6. The first-order valence-corrected chi connectivity index (χ1v) is 10.6. The number of carbonyl (C=O) groups excluding carboxylic acids is 2. The topological polar surface area (TPSA) is 62.3 Å². The van der Waals surface area contributed by atoms with E-state index in [0.717, 1.165) is 56.5 Å². The van der Waals surface area contributed by atoms with Gasteiger partial charge in [0.25, 0.3) is 5.91 Å². The maximum absolute atomic E-state index is 12.6. The van der Waals surface area contributed by atoms with Gasteiger partial charge in [0.05, 0.1) is 4.88 Å². The zero-order chi connectivity index (χ0) is 18.6. The van der Waals surface area contributed by atoms with Crippen LogP contribution in [-0.2, 0) is 24.1 Å². The molecule has 2 aromatic heterocycles. The number of aromatic nitrogens is 1. The fourth-order valence-corrected chi connectivity index (χ4v) is 5.13. The van der Waals surface area contributed by atoms with Crippen LogP contribution >= 0.6 is 11.3 Å². The lowest BCUT2D eigenvalue weighted by atomic mass is 9.87. The fourth-order valence-electron chi connectivity index (χ4n) is 3.95. The minimum atomic E-state index is 0.0132. The molecule has 1 saturated heterocycles. The Bertz CT molecular complexity index is 812. The molecule has 4 rings (SSSR count). The van der Waals surface area contributed by atoms with Gasteiger partial charge >= 0.3 is 0 Å². The van der Waals surface area contributed by atoms with Crippen LogP contribution in [0.25, 0.3) is 0 Å². The molecule has 0 unspecified atom stereocenters. The van der Waals surface area contributed by atoms with Crippen molar-refractivity contribution in [2.75, 3.05) is 19.6 Å². The van der Waals surface area contributed by atoms with E-state index in [1.165, 1.54) is 16.0 Å². The quantitative estimate of drug-likeness (QED) is 0.864. The van der Waals surface area contributed by atoms with Crippen molar-refractivity contribution in [3.05, 3.63) is 51.5 Å². The highest BCUT2D eigenvalue weighted by atomic mass is 32.1. The summed E-state index contributed by atoms with van der Waals surface area (Å²) in [7, 11) is 0. The van der Waals surface area contributed by atoms with E-state index in [9.17, 15) is 9.59 Å². The number of fused-ring (bicyclic) bond motifs is 1. The second-order valence-corrected chi connectivity index (χ2v) is 8.53. The van der Waals surface area contributed by atoms with Gasteiger partial charge in [-0.15, -0.1) is 11.3 Å². The average Bonchev–Trinajstić information content (AvgIpc) is 3.37. The molecule has 1 atom stereocenters. The highest BCUT2D eigenvalue weighted by molar-refractivity contribution is 7.14. The summed E-state index contributed by atoms with van der Waals surface area (Å²) in [5.41, 5.74) is 2.38. The van der Waals surface area contributed by atoms with E-state index in [1.54, 1.807) is 23.7 Å². The van der Waals surface area contributed by atoms with Gasteiger partial charge in [0.15, 0.2) is 0 Å². The second kappa shape index (κ2) is 8.21. The summed E-state index contributed by atoms with van der Waals surface area (Å²) in [5, 5.41) is 3.07. The highest BCUT2D eigenvalue weighted by Crippen LogP contribution is 2.33. The standard InChI is InChI=1S/C21H25N3O2S/c25-20(23-10-7-15-5-8-22-9-6-15)16-3-4-18-17(13-16)14-19(27-18)21(26)24-11-1-2-12-24/h5-6,8-9,14,16H,1-4,7,10-13H2,(H,23,25)/t16-/m0/s1. The summed E-state index contributed by atoms with van der Waals surface area (Å²) in [6.45, 7) is 2.41. The molecule has 0 bridgehead atoms. The molecule has 5 nitrogen and oxygen atoms in total. The van der Waals surface area contributed by atoms with Crippen molar-refractivity contribution < 1.29 is 9.59 Å². The lowest BCUT2D eigenvalue weighted by molar-refractivity contribution is -0.125. The first-order chi connectivity index (χ1) is 13.2. The molecule has 0 spiro atoms. The summed E-state index contributed by atoms with van der Waals surface area (Å²) in [6.07, 6.45) is 9.10. The molecule has 27 heavy (non-hydrogen) atoms. The number of pyridine rings is 1. The molecule has 1 N–H and O–H groups in total. The van der Waals surface area contributed by atoms with E-state index in [4.69, 9.17) is 0 Å². The van der Waals surface area contributed by atoms with E-state index >= 15 is 0 Å². The number of amides is 2. The predicted molar refractivity (Wildman–Crippen MR) is 106 cm³/mol.